The van der Waals surface area contributed by atoms with Gasteiger partial charge in [0.2, 0.25) is 0 Å². The molecule has 21 rings (SSSR count). The molecule has 0 aliphatic carbocycles. The van der Waals surface area contributed by atoms with Gasteiger partial charge in [-0.2, -0.15) is 0 Å². The SMILES string of the molecule is CN1CCN(Cc2cc(C=Nc3ccccc3-c3c4nc(c(-c5ccccc5N=Cc5cc(CN6CCN(C)CC6)c(O)c(CN6CCN(C)CC6)c5)c5ccc([nH]5)c(-c5ccccc5N=Cc5cc(CN6CCN(C)CC6)c(O)c(CN6CCN(C)CC6)c5)c5nc(c(-c6ccccc6N=Cc6cc(CN7CCN(C)CC7)c(O)c(CN7CCN(C)CC7)c6)c6ccc3[nH]6)C=C5)C=C4)cc(CN3CCN(C)CC3)c2O)CC1. The molecule has 11 aromatic rings. The van der Waals surface area contributed by atoms with Crippen LogP contribution in [0.5, 0.6) is 23.0 Å². The van der Waals surface area contributed by atoms with Gasteiger partial charge in [-0.1, -0.05) is 72.8 Å². The van der Waals surface area contributed by atoms with Crippen LogP contribution in [0.2, 0.25) is 0 Å². The van der Waals surface area contributed by atoms with Gasteiger partial charge in [0.15, 0.2) is 0 Å². The summed E-state index contributed by atoms with van der Waals surface area (Å²) in [5.74, 6) is 1.42. The highest BCUT2D eigenvalue weighted by Gasteiger charge is 2.31. The summed E-state index contributed by atoms with van der Waals surface area (Å²) in [5.41, 5.74) is 26.1. The highest BCUT2D eigenvalue weighted by atomic mass is 16.3. The Hall–Kier alpha value is -12.4. The van der Waals surface area contributed by atoms with Crippen molar-refractivity contribution in [3.05, 3.63) is 259 Å². The Morgan fingerprint density at radius 1 is 0.223 bits per heavy atom. The van der Waals surface area contributed by atoms with Crippen LogP contribution in [-0.2, 0) is 52.4 Å². The molecule has 28 heteroatoms. The van der Waals surface area contributed by atoms with Gasteiger partial charge in [-0.15, -0.1) is 0 Å². The van der Waals surface area contributed by atoms with E-state index in [9.17, 15) is 20.4 Å². The van der Waals surface area contributed by atoms with Crippen molar-refractivity contribution in [1.29, 1.82) is 0 Å². The molecule has 0 unspecified atom stereocenters. The first-order chi connectivity index (χ1) is 72.1. The second kappa shape index (κ2) is 46.4. The third-order valence-corrected chi connectivity index (χ3v) is 31.9. The highest BCUT2D eigenvalue weighted by molar-refractivity contribution is 6.05. The van der Waals surface area contributed by atoms with E-state index in [0.29, 0.717) is 98.1 Å². The van der Waals surface area contributed by atoms with Gasteiger partial charge in [-0.3, -0.25) is 59.2 Å². The number of phenols is 4. The van der Waals surface area contributed by atoms with E-state index in [4.69, 9.17) is 29.9 Å². The Bertz CT molecular complexity index is 5960. The van der Waals surface area contributed by atoms with Crippen molar-refractivity contribution in [3.8, 4) is 67.5 Å². The first-order valence-corrected chi connectivity index (χ1v) is 53.5. The standard InChI is InChI=1S/C120H146N24O4/c1-129-33-49-137(50-34-129)77-89-65-85(66-90(117(89)145)78-138-51-35-130(2)36-52-138)73-121-101-21-13-9-17-97(101)113-105-25-27-107(125-105)114(98-18-10-14-22-102(98)122-74-86-67-91(79-139-53-37-131(3)38-54-139)118(146)92(68-86)80-140-55-39-132(4)40-56-140)109-29-31-111(127-109)116(100-20-12-16-24-104(100)124-76-88-71-95(83-143-61-45-135(7)46-62-143)120(148)96(72-88)84-144-63-47-136(8)48-64-144)112-32-30-110(128-112)115(108-28-26-106(113)126-108)99-19-11-15-23-103(99)123-75-87-69-93(81-141-57-41-133(5)42-58-141)119(147)94(70-87)82-142-59-43-134(6)44-60-142/h9-32,65-76,125,128,145-148H,33-64,77-84H2,1-8H3. The molecular weight excluding hydrogens is 1840 g/mol. The fourth-order valence-corrected chi connectivity index (χ4v) is 22.5. The second-order valence-corrected chi connectivity index (χ2v) is 43.0. The molecule has 8 fully saturated rings. The lowest BCUT2D eigenvalue weighted by Crippen LogP contribution is -2.44. The minimum absolute atomic E-state index is 0.355. The van der Waals surface area contributed by atoms with Crippen molar-refractivity contribution in [1.82, 2.24) is 98.3 Å². The predicted octanol–water partition coefficient (Wildman–Crippen LogP) is 15.1. The number of likely N-dealkylation sites (N-methyl/N-ethyl adjacent to an activating group) is 8. The summed E-state index contributed by atoms with van der Waals surface area (Å²) in [6.07, 6.45) is 16.5. The lowest BCUT2D eigenvalue weighted by molar-refractivity contribution is 0.144. The number of aliphatic imine (C=N–C) groups is 4. The Labute approximate surface area is 872 Å². The van der Waals surface area contributed by atoms with Crippen molar-refractivity contribution >= 4 is 94.0 Å². The molecule has 148 heavy (non-hydrogen) atoms. The molecule has 8 bridgehead atoms. The maximum absolute atomic E-state index is 12.5. The number of aromatic hydroxyl groups is 4. The van der Waals surface area contributed by atoms with E-state index >= 15 is 0 Å². The summed E-state index contributed by atoms with van der Waals surface area (Å²) in [4.78, 5) is 81.4. The quantitative estimate of drug-likeness (QED) is 0.0250. The van der Waals surface area contributed by atoms with Crippen LogP contribution in [0.15, 0.2) is 190 Å². The van der Waals surface area contributed by atoms with Crippen molar-refractivity contribution in [3.63, 3.8) is 0 Å². The number of aromatic nitrogens is 4. The zero-order valence-corrected chi connectivity index (χ0v) is 87.7. The van der Waals surface area contributed by atoms with Crippen molar-refractivity contribution in [2.24, 2.45) is 20.0 Å². The number of benzene rings is 8. The number of hydrogen-bond donors (Lipinski definition) is 6. The molecule has 28 nitrogen and oxygen atoms in total. The number of rotatable bonds is 28. The number of nitrogens with zero attached hydrogens (tertiary/aromatic N) is 22. The maximum atomic E-state index is 12.5. The molecule has 0 saturated carbocycles. The smallest absolute Gasteiger partial charge is 0.124 e. The van der Waals surface area contributed by atoms with Gasteiger partial charge < -0.3 is 69.6 Å². The molecular formula is C120H146N24O4. The molecule has 0 atom stereocenters. The van der Waals surface area contributed by atoms with Crippen LogP contribution < -0.4 is 0 Å². The van der Waals surface area contributed by atoms with Crippen molar-refractivity contribution in [2.75, 3.05) is 266 Å². The third kappa shape index (κ3) is 24.2. The second-order valence-electron chi connectivity index (χ2n) is 43.0. The van der Waals surface area contributed by atoms with Crippen LogP contribution in [0.3, 0.4) is 0 Å². The van der Waals surface area contributed by atoms with Gasteiger partial charge in [-0.05, 0) is 200 Å². The number of para-hydroxylation sites is 4. The molecule has 13 heterocycles. The predicted molar refractivity (Wildman–Crippen MR) is 604 cm³/mol. The molecule has 8 aromatic carbocycles. The normalized spacial score (nSPS) is 19.3. The summed E-state index contributed by atoms with van der Waals surface area (Å²) < 4.78 is 0. The first-order valence-electron chi connectivity index (χ1n) is 53.5. The first kappa shape index (κ1) is 101. The van der Waals surface area contributed by atoms with Crippen LogP contribution in [0, 0.1) is 0 Å². The summed E-state index contributed by atoms with van der Waals surface area (Å²) in [6, 6.07) is 59.4. The average molecular weight is 1990 g/mol. The van der Waals surface area contributed by atoms with E-state index in [1.165, 1.54) is 0 Å². The monoisotopic (exact) mass is 1990 g/mol. The Morgan fingerprint density at radius 3 is 0.541 bits per heavy atom. The number of hydrogen-bond acceptors (Lipinski definition) is 26. The average Bonchev–Trinajstić information content (AvgIpc) is 1.60. The van der Waals surface area contributed by atoms with Gasteiger partial charge in [-0.25, -0.2) is 9.97 Å². The lowest BCUT2D eigenvalue weighted by atomic mass is 10.0. The number of aromatic amines is 2. The largest absolute Gasteiger partial charge is 0.507 e. The van der Waals surface area contributed by atoms with Gasteiger partial charge in [0.05, 0.1) is 45.5 Å². The molecule has 10 aliphatic rings. The third-order valence-electron chi connectivity index (χ3n) is 31.9. The number of H-pyrrole nitrogens is 2. The minimum Gasteiger partial charge on any atom is -0.507 e. The molecule has 6 N–H and O–H groups in total. The van der Waals surface area contributed by atoms with Gasteiger partial charge in [0.1, 0.15) is 23.0 Å². The molecule has 8 saturated heterocycles. The maximum Gasteiger partial charge on any atom is 0.124 e. The van der Waals surface area contributed by atoms with Crippen molar-refractivity contribution in [2.45, 2.75) is 52.4 Å². The molecule has 770 valence electrons. The van der Waals surface area contributed by atoms with Crippen LogP contribution in [0.4, 0.5) is 22.7 Å². The van der Waals surface area contributed by atoms with Crippen LogP contribution in [0.1, 0.15) is 89.5 Å². The minimum atomic E-state index is 0.355. The summed E-state index contributed by atoms with van der Waals surface area (Å²) in [7, 11) is 17.5. The zero-order valence-electron chi connectivity index (χ0n) is 87.7. The number of phenolic OH excluding ortho intramolecular Hbond substituents is 4. The van der Waals surface area contributed by atoms with Crippen LogP contribution in [0.25, 0.3) is 90.9 Å². The molecule has 0 radical (unpaired) electrons. The summed E-state index contributed by atoms with van der Waals surface area (Å²) >= 11 is 0. The van der Waals surface area contributed by atoms with Gasteiger partial charge >= 0.3 is 0 Å². The summed E-state index contributed by atoms with van der Waals surface area (Å²) in [5, 5.41) is 49.8. The summed E-state index contributed by atoms with van der Waals surface area (Å²) in [6.45, 7) is 34.8. The number of fused-ring (bicyclic) bond motifs is 8. The van der Waals surface area contributed by atoms with Crippen LogP contribution >= 0.6 is 0 Å². The highest BCUT2D eigenvalue weighted by Crippen LogP contribution is 2.46. The van der Waals surface area contributed by atoms with E-state index < -0.39 is 0 Å². The molecule has 3 aromatic heterocycles. The van der Waals surface area contributed by atoms with E-state index in [1.54, 1.807) is 0 Å². The van der Waals surface area contributed by atoms with E-state index in [0.717, 1.165) is 366 Å². The topological polar surface area (TPSA) is 240 Å². The Balaban J connectivity index is 0.771. The van der Waals surface area contributed by atoms with E-state index in [-0.39, 0.29) is 0 Å². The molecule has 10 aliphatic heterocycles. The lowest BCUT2D eigenvalue weighted by Gasteiger charge is -2.33. The Morgan fingerprint density at radius 2 is 0.378 bits per heavy atom. The number of piperazine rings is 8. The van der Waals surface area contributed by atoms with Crippen LogP contribution in [-0.4, -0.2) is 409 Å². The molecule has 0 spiro atoms. The van der Waals surface area contributed by atoms with Crippen molar-refractivity contribution < 1.29 is 20.4 Å². The fourth-order valence-electron chi connectivity index (χ4n) is 22.5. The molecule has 0 amide bonds. The van der Waals surface area contributed by atoms with Gasteiger partial charge in [0, 0.05) is 398 Å². The Kier molecular flexibility index (Phi) is 31.8. The number of nitrogens with one attached hydrogen (secondary N) is 2. The fraction of sp³-hybridized carbons (Fsp3) is 0.400. The van der Waals surface area contributed by atoms with E-state index in [2.05, 4.69) is 339 Å². The zero-order chi connectivity index (χ0) is 101. The van der Waals surface area contributed by atoms with E-state index in [1.807, 2.05) is 24.9 Å². The van der Waals surface area contributed by atoms with Gasteiger partial charge in [0.25, 0.3) is 0 Å².